The zero-order chi connectivity index (χ0) is 10.6. The predicted molar refractivity (Wildman–Crippen MR) is 58.3 cm³/mol. The van der Waals surface area contributed by atoms with E-state index in [2.05, 4.69) is 5.32 Å². The minimum atomic E-state index is -0.368. The van der Waals surface area contributed by atoms with Gasteiger partial charge >= 0.3 is 0 Å². The molecule has 0 aliphatic rings. The van der Waals surface area contributed by atoms with E-state index in [-0.39, 0.29) is 17.3 Å². The minimum absolute atomic E-state index is 0.00371. The zero-order valence-corrected chi connectivity index (χ0v) is 9.14. The van der Waals surface area contributed by atoms with E-state index >= 15 is 0 Å². The lowest BCUT2D eigenvalue weighted by Gasteiger charge is -2.26. The lowest BCUT2D eigenvalue weighted by molar-refractivity contribution is -0.120. The summed E-state index contributed by atoms with van der Waals surface area (Å²) in [6.07, 6.45) is 0. The Morgan fingerprint density at radius 1 is 1.36 bits per heavy atom. The van der Waals surface area contributed by atoms with Crippen molar-refractivity contribution in [2.45, 2.75) is 19.4 Å². The Kier molecular flexibility index (Phi) is 3.53. The van der Waals surface area contributed by atoms with Crippen LogP contribution in [0.15, 0.2) is 30.3 Å². The highest BCUT2D eigenvalue weighted by atomic mass is 35.5. The summed E-state index contributed by atoms with van der Waals surface area (Å²) in [4.78, 5) is 11.2. The topological polar surface area (TPSA) is 29.1 Å². The monoisotopic (exact) mass is 211 g/mol. The van der Waals surface area contributed by atoms with Crippen LogP contribution in [0.1, 0.15) is 19.4 Å². The second kappa shape index (κ2) is 4.47. The molecule has 2 nitrogen and oxygen atoms in total. The van der Waals surface area contributed by atoms with Gasteiger partial charge in [-0.15, -0.1) is 11.6 Å². The number of hydrogen-bond donors (Lipinski definition) is 1. The van der Waals surface area contributed by atoms with Gasteiger partial charge in [0.05, 0.1) is 5.54 Å². The molecule has 0 bridgehead atoms. The van der Waals surface area contributed by atoms with Crippen molar-refractivity contribution in [3.05, 3.63) is 35.9 Å². The van der Waals surface area contributed by atoms with E-state index in [1.807, 2.05) is 44.2 Å². The van der Waals surface area contributed by atoms with Crippen LogP contribution in [0.2, 0.25) is 0 Å². The molecule has 76 valence electrons. The fourth-order valence-corrected chi connectivity index (χ4v) is 1.38. The molecule has 0 heterocycles. The van der Waals surface area contributed by atoms with Crippen LogP contribution in [0, 0.1) is 0 Å². The Balaban J connectivity index is 2.80. The van der Waals surface area contributed by atoms with Gasteiger partial charge in [-0.2, -0.15) is 0 Å². The van der Waals surface area contributed by atoms with Crippen LogP contribution < -0.4 is 5.32 Å². The molecular formula is C11H14ClNO. The van der Waals surface area contributed by atoms with Crippen LogP contribution in [0.5, 0.6) is 0 Å². The summed E-state index contributed by atoms with van der Waals surface area (Å²) in [6.45, 7) is 3.90. The summed E-state index contributed by atoms with van der Waals surface area (Å²) in [6, 6.07) is 9.81. The first-order valence-corrected chi connectivity index (χ1v) is 5.02. The first-order chi connectivity index (χ1) is 6.56. The fourth-order valence-electron chi connectivity index (χ4n) is 1.31. The molecule has 0 saturated heterocycles. The fraction of sp³-hybridized carbons (Fsp3) is 0.364. The first kappa shape index (κ1) is 11.1. The summed E-state index contributed by atoms with van der Waals surface area (Å²) < 4.78 is 0. The number of benzene rings is 1. The molecule has 0 aliphatic carbocycles. The molecule has 0 unspecified atom stereocenters. The van der Waals surface area contributed by atoms with Crippen LogP contribution >= 0.6 is 11.6 Å². The highest BCUT2D eigenvalue weighted by Gasteiger charge is 2.21. The standard InChI is InChI=1S/C11H14ClNO/c1-11(2,13-10(14)8-12)9-6-4-3-5-7-9/h3-7H,8H2,1-2H3,(H,13,14). The molecule has 1 aromatic carbocycles. The number of rotatable bonds is 3. The maximum atomic E-state index is 11.2. The van der Waals surface area contributed by atoms with Crippen LogP contribution in [0.3, 0.4) is 0 Å². The van der Waals surface area contributed by atoms with E-state index in [1.54, 1.807) is 0 Å². The van der Waals surface area contributed by atoms with Crippen molar-refractivity contribution in [2.75, 3.05) is 5.88 Å². The lowest BCUT2D eigenvalue weighted by Crippen LogP contribution is -2.41. The Hall–Kier alpha value is -1.02. The van der Waals surface area contributed by atoms with Crippen LogP contribution in [-0.2, 0) is 10.3 Å². The summed E-state index contributed by atoms with van der Waals surface area (Å²) in [7, 11) is 0. The third-order valence-electron chi connectivity index (χ3n) is 2.07. The van der Waals surface area contributed by atoms with Crippen molar-refractivity contribution in [3.8, 4) is 0 Å². The number of halogens is 1. The smallest absolute Gasteiger partial charge is 0.235 e. The average molecular weight is 212 g/mol. The molecule has 1 N–H and O–H groups in total. The average Bonchev–Trinajstić information content (AvgIpc) is 2.18. The summed E-state index contributed by atoms with van der Waals surface area (Å²) >= 11 is 5.43. The maximum absolute atomic E-state index is 11.2. The van der Waals surface area contributed by atoms with Crippen LogP contribution in [0.4, 0.5) is 0 Å². The Morgan fingerprint density at radius 3 is 2.43 bits per heavy atom. The molecule has 0 fully saturated rings. The number of amides is 1. The molecule has 14 heavy (non-hydrogen) atoms. The van der Waals surface area contributed by atoms with Gasteiger partial charge in [0.1, 0.15) is 5.88 Å². The molecule has 1 amide bonds. The van der Waals surface area contributed by atoms with Gasteiger partial charge < -0.3 is 5.32 Å². The number of carbonyl (C=O) groups is 1. The SMILES string of the molecule is CC(C)(NC(=O)CCl)c1ccccc1. The molecule has 0 spiro atoms. The van der Waals surface area contributed by atoms with E-state index in [0.29, 0.717) is 0 Å². The van der Waals surface area contributed by atoms with Crippen LogP contribution in [-0.4, -0.2) is 11.8 Å². The molecule has 0 aliphatic heterocycles. The third-order valence-corrected chi connectivity index (χ3v) is 2.31. The van der Waals surface area contributed by atoms with Gasteiger partial charge in [-0.3, -0.25) is 4.79 Å². The Labute approximate surface area is 89.3 Å². The van der Waals surface area contributed by atoms with Gasteiger partial charge in [-0.1, -0.05) is 30.3 Å². The van der Waals surface area contributed by atoms with Crippen molar-refractivity contribution < 1.29 is 4.79 Å². The maximum Gasteiger partial charge on any atom is 0.235 e. The molecular weight excluding hydrogens is 198 g/mol. The van der Waals surface area contributed by atoms with Crippen molar-refractivity contribution in [1.29, 1.82) is 0 Å². The summed E-state index contributed by atoms with van der Waals surface area (Å²) in [5.41, 5.74) is 0.700. The number of hydrogen-bond acceptors (Lipinski definition) is 1. The second-order valence-electron chi connectivity index (χ2n) is 3.67. The van der Waals surface area contributed by atoms with Gasteiger partial charge in [0, 0.05) is 0 Å². The highest BCUT2D eigenvalue weighted by Crippen LogP contribution is 2.18. The normalized spacial score (nSPS) is 11.1. The van der Waals surface area contributed by atoms with E-state index in [1.165, 1.54) is 0 Å². The highest BCUT2D eigenvalue weighted by molar-refractivity contribution is 6.27. The van der Waals surface area contributed by atoms with E-state index in [0.717, 1.165) is 5.56 Å². The van der Waals surface area contributed by atoms with Crippen molar-refractivity contribution in [3.63, 3.8) is 0 Å². The number of alkyl halides is 1. The van der Waals surface area contributed by atoms with Crippen molar-refractivity contribution in [2.24, 2.45) is 0 Å². The molecule has 0 aromatic heterocycles. The van der Waals surface area contributed by atoms with Crippen LogP contribution in [0.25, 0.3) is 0 Å². The van der Waals surface area contributed by atoms with Crippen molar-refractivity contribution >= 4 is 17.5 Å². The van der Waals surface area contributed by atoms with E-state index in [9.17, 15) is 4.79 Å². The quantitative estimate of drug-likeness (QED) is 0.764. The summed E-state index contributed by atoms with van der Waals surface area (Å²) in [5.74, 6) is -0.156. The van der Waals surface area contributed by atoms with Gasteiger partial charge in [-0.25, -0.2) is 0 Å². The second-order valence-corrected chi connectivity index (χ2v) is 3.94. The van der Waals surface area contributed by atoms with Gasteiger partial charge in [-0.05, 0) is 19.4 Å². The zero-order valence-electron chi connectivity index (χ0n) is 8.38. The van der Waals surface area contributed by atoms with Gasteiger partial charge in [0.25, 0.3) is 0 Å². The third kappa shape index (κ3) is 2.74. The molecule has 1 aromatic rings. The minimum Gasteiger partial charge on any atom is -0.346 e. The Bertz CT molecular complexity index is 308. The molecule has 0 atom stereocenters. The number of nitrogens with one attached hydrogen (secondary N) is 1. The van der Waals surface area contributed by atoms with Gasteiger partial charge in [0.2, 0.25) is 5.91 Å². The van der Waals surface area contributed by atoms with Crippen molar-refractivity contribution in [1.82, 2.24) is 5.32 Å². The molecule has 0 radical (unpaired) electrons. The van der Waals surface area contributed by atoms with E-state index < -0.39 is 0 Å². The molecule has 0 saturated carbocycles. The molecule has 1 rings (SSSR count). The lowest BCUT2D eigenvalue weighted by atomic mass is 9.94. The Morgan fingerprint density at radius 2 is 1.93 bits per heavy atom. The largest absolute Gasteiger partial charge is 0.346 e. The summed E-state index contributed by atoms with van der Waals surface area (Å²) in [5, 5.41) is 2.85. The van der Waals surface area contributed by atoms with E-state index in [4.69, 9.17) is 11.6 Å². The molecule has 3 heteroatoms. The predicted octanol–water partition coefficient (Wildman–Crippen LogP) is 2.28. The van der Waals surface area contributed by atoms with Gasteiger partial charge in [0.15, 0.2) is 0 Å². The number of carbonyl (C=O) groups excluding carboxylic acids is 1. The first-order valence-electron chi connectivity index (χ1n) is 4.49.